The van der Waals surface area contributed by atoms with Crippen LogP contribution in [0.25, 0.3) is 0 Å². The molecule has 1 aliphatic carbocycles. The second-order valence-corrected chi connectivity index (χ2v) is 11.3. The minimum atomic E-state index is -0.154. The number of carbonyl (C=O) groups excluding carboxylic acids is 1. The van der Waals surface area contributed by atoms with E-state index >= 15 is 0 Å². The Hall–Kier alpha value is -3.15. The molecule has 1 unspecified atom stereocenters. The smallest absolute Gasteiger partial charge is 0.234 e. The summed E-state index contributed by atoms with van der Waals surface area (Å²) in [6, 6.07) is 23.6. The molecule has 0 bridgehead atoms. The maximum absolute atomic E-state index is 14.4. The van der Waals surface area contributed by atoms with E-state index in [2.05, 4.69) is 85.5 Å². The number of anilines is 2. The maximum atomic E-state index is 14.4. The van der Waals surface area contributed by atoms with Gasteiger partial charge in [-0.3, -0.25) is 9.69 Å². The van der Waals surface area contributed by atoms with E-state index in [4.69, 9.17) is 4.74 Å². The first-order chi connectivity index (χ1) is 18.2. The summed E-state index contributed by atoms with van der Waals surface area (Å²) < 4.78 is 5.85. The topological polar surface area (TPSA) is 36.0 Å². The van der Waals surface area contributed by atoms with E-state index in [9.17, 15) is 4.79 Å². The van der Waals surface area contributed by atoms with Crippen molar-refractivity contribution in [2.45, 2.75) is 58.1 Å². The highest BCUT2D eigenvalue weighted by Gasteiger charge is 2.31. The molecule has 0 aliphatic heterocycles. The molecule has 0 fully saturated rings. The summed E-state index contributed by atoms with van der Waals surface area (Å²) in [6.07, 6.45) is 2.92. The molecule has 4 rings (SSSR count). The number of hydrogen-bond donors (Lipinski definition) is 0. The summed E-state index contributed by atoms with van der Waals surface area (Å²) in [5.74, 6) is 0.467. The normalized spacial score (nSPS) is 15.0. The third-order valence-corrected chi connectivity index (χ3v) is 7.37. The molecule has 0 saturated carbocycles. The molecule has 0 heterocycles. The molecule has 0 saturated heterocycles. The summed E-state index contributed by atoms with van der Waals surface area (Å²) in [5, 5.41) is 0. The first-order valence-electron chi connectivity index (χ1n) is 13.7. The van der Waals surface area contributed by atoms with E-state index in [0.717, 1.165) is 41.8 Å². The highest BCUT2D eigenvalue weighted by atomic mass is 16.5. The highest BCUT2D eigenvalue weighted by Crippen LogP contribution is 2.36. The van der Waals surface area contributed by atoms with Gasteiger partial charge in [0.05, 0.1) is 25.8 Å². The van der Waals surface area contributed by atoms with E-state index in [1.54, 1.807) is 0 Å². The van der Waals surface area contributed by atoms with Gasteiger partial charge in [-0.15, -0.1) is 0 Å². The van der Waals surface area contributed by atoms with Crippen molar-refractivity contribution in [2.75, 3.05) is 44.7 Å². The number of hydrogen-bond acceptors (Lipinski definition) is 4. The molecule has 1 aliphatic rings. The van der Waals surface area contributed by atoms with Crippen LogP contribution in [0.1, 0.15) is 66.3 Å². The Balaban J connectivity index is 1.64. The third kappa shape index (κ3) is 6.83. The zero-order chi connectivity index (χ0) is 27.2. The van der Waals surface area contributed by atoms with Crippen LogP contribution in [0.5, 0.6) is 0 Å². The molecular weight excluding hydrogens is 470 g/mol. The lowest BCUT2D eigenvalue weighted by atomic mass is 9.81. The molecule has 5 heteroatoms. The van der Waals surface area contributed by atoms with E-state index in [-0.39, 0.29) is 11.8 Å². The number of amides is 1. The predicted molar refractivity (Wildman–Crippen MR) is 158 cm³/mol. The number of aryl methyl sites for hydroxylation is 1. The van der Waals surface area contributed by atoms with Gasteiger partial charge in [0.15, 0.2) is 0 Å². The standard InChI is InChI=1S/C33H43N3O2/c1-24(2)27-14-18-30(19-15-27)36(21-25-11-16-29(17-12-25)35(5)6)33(37)31-9-7-8-28-13-10-26(20-32(28)31)22-38-23-34(3)4/h10-20,24,31H,7-9,21-23H2,1-6H3. The van der Waals surface area contributed by atoms with E-state index in [1.807, 2.05) is 38.0 Å². The molecule has 0 N–H and O–H groups in total. The van der Waals surface area contributed by atoms with Gasteiger partial charge < -0.3 is 14.5 Å². The number of nitrogens with zero attached hydrogens (tertiary/aromatic N) is 3. The number of rotatable bonds is 10. The van der Waals surface area contributed by atoms with Gasteiger partial charge in [0.2, 0.25) is 5.91 Å². The van der Waals surface area contributed by atoms with Gasteiger partial charge in [-0.25, -0.2) is 0 Å². The van der Waals surface area contributed by atoms with Crippen molar-refractivity contribution in [2.24, 2.45) is 0 Å². The Kier molecular flexibility index (Phi) is 9.24. The van der Waals surface area contributed by atoms with Crippen molar-refractivity contribution in [1.82, 2.24) is 4.90 Å². The quantitative estimate of drug-likeness (QED) is 0.288. The molecule has 1 amide bonds. The van der Waals surface area contributed by atoms with E-state index < -0.39 is 0 Å². The lowest BCUT2D eigenvalue weighted by Gasteiger charge is -2.32. The molecule has 202 valence electrons. The van der Waals surface area contributed by atoms with Crippen LogP contribution < -0.4 is 9.80 Å². The molecule has 38 heavy (non-hydrogen) atoms. The zero-order valence-electron chi connectivity index (χ0n) is 23.9. The molecule has 0 radical (unpaired) electrons. The van der Waals surface area contributed by atoms with Gasteiger partial charge >= 0.3 is 0 Å². The van der Waals surface area contributed by atoms with Crippen LogP contribution in [-0.2, 0) is 29.1 Å². The van der Waals surface area contributed by atoms with E-state index in [1.165, 1.54) is 16.7 Å². The average Bonchev–Trinajstić information content (AvgIpc) is 2.91. The van der Waals surface area contributed by atoms with E-state index in [0.29, 0.717) is 25.8 Å². The number of ether oxygens (including phenoxy) is 1. The number of benzene rings is 3. The fourth-order valence-electron chi connectivity index (χ4n) is 5.15. The van der Waals surface area contributed by atoms with Crippen LogP contribution in [-0.4, -0.2) is 45.7 Å². The lowest BCUT2D eigenvalue weighted by Crippen LogP contribution is -2.36. The average molecular weight is 514 g/mol. The first kappa shape index (κ1) is 27.9. The number of fused-ring (bicyclic) bond motifs is 1. The Morgan fingerprint density at radius 1 is 0.895 bits per heavy atom. The van der Waals surface area contributed by atoms with Crippen LogP contribution in [0.2, 0.25) is 0 Å². The van der Waals surface area contributed by atoms with Crippen molar-refractivity contribution in [3.63, 3.8) is 0 Å². The van der Waals surface area contributed by atoms with Crippen LogP contribution in [0.15, 0.2) is 66.7 Å². The predicted octanol–water partition coefficient (Wildman–Crippen LogP) is 6.57. The van der Waals surface area contributed by atoms with Gasteiger partial charge in [-0.05, 0) is 91.4 Å². The Morgan fingerprint density at radius 3 is 2.18 bits per heavy atom. The van der Waals surface area contributed by atoms with Gasteiger partial charge in [0.25, 0.3) is 0 Å². The Labute approximate surface area is 229 Å². The first-order valence-corrected chi connectivity index (χ1v) is 13.7. The van der Waals surface area contributed by atoms with Crippen LogP contribution in [0, 0.1) is 0 Å². The Bertz CT molecular complexity index is 1200. The van der Waals surface area contributed by atoms with Crippen molar-refractivity contribution >= 4 is 17.3 Å². The minimum Gasteiger partial charge on any atom is -0.378 e. The molecular formula is C33H43N3O2. The zero-order valence-corrected chi connectivity index (χ0v) is 23.9. The monoisotopic (exact) mass is 513 g/mol. The largest absolute Gasteiger partial charge is 0.378 e. The molecule has 0 aromatic heterocycles. The summed E-state index contributed by atoms with van der Waals surface area (Å²) >= 11 is 0. The second-order valence-electron chi connectivity index (χ2n) is 11.3. The van der Waals surface area contributed by atoms with Crippen molar-refractivity contribution in [1.29, 1.82) is 0 Å². The fourth-order valence-corrected chi connectivity index (χ4v) is 5.15. The second kappa shape index (κ2) is 12.6. The summed E-state index contributed by atoms with van der Waals surface area (Å²) in [7, 11) is 8.08. The summed E-state index contributed by atoms with van der Waals surface area (Å²) in [4.78, 5) is 20.4. The molecule has 5 nitrogen and oxygen atoms in total. The lowest BCUT2D eigenvalue weighted by molar-refractivity contribution is -0.120. The highest BCUT2D eigenvalue weighted by molar-refractivity contribution is 5.98. The van der Waals surface area contributed by atoms with Gasteiger partial charge in [0, 0.05) is 25.5 Å². The molecule has 3 aromatic carbocycles. The summed E-state index contributed by atoms with van der Waals surface area (Å²) in [5.41, 5.74) is 8.08. The van der Waals surface area contributed by atoms with Gasteiger partial charge in [-0.1, -0.05) is 56.3 Å². The van der Waals surface area contributed by atoms with Crippen molar-refractivity contribution in [3.8, 4) is 0 Å². The SMILES string of the molecule is CC(C)c1ccc(N(Cc2ccc(N(C)C)cc2)C(=O)C2CCCc3ccc(COCN(C)C)cc32)cc1. The van der Waals surface area contributed by atoms with Crippen LogP contribution in [0.4, 0.5) is 11.4 Å². The fraction of sp³-hybridized carbons (Fsp3) is 0.424. The Morgan fingerprint density at radius 2 is 1.55 bits per heavy atom. The molecule has 3 aromatic rings. The van der Waals surface area contributed by atoms with Gasteiger partial charge in [-0.2, -0.15) is 0 Å². The molecule has 1 atom stereocenters. The van der Waals surface area contributed by atoms with Crippen LogP contribution in [0.3, 0.4) is 0 Å². The third-order valence-electron chi connectivity index (χ3n) is 7.37. The summed E-state index contributed by atoms with van der Waals surface area (Å²) in [6.45, 7) is 6.06. The minimum absolute atomic E-state index is 0.154. The maximum Gasteiger partial charge on any atom is 0.234 e. The van der Waals surface area contributed by atoms with Crippen LogP contribution >= 0.6 is 0 Å². The molecule has 0 spiro atoms. The number of carbonyl (C=O) groups is 1. The van der Waals surface area contributed by atoms with Crippen molar-refractivity contribution in [3.05, 3.63) is 94.5 Å². The van der Waals surface area contributed by atoms with Gasteiger partial charge in [0.1, 0.15) is 0 Å². The van der Waals surface area contributed by atoms with Crippen molar-refractivity contribution < 1.29 is 9.53 Å².